The fourth-order valence-corrected chi connectivity index (χ4v) is 2.59. The number of rotatable bonds is 5. The van der Waals surface area contributed by atoms with E-state index in [2.05, 4.69) is 5.32 Å². The molecule has 9 heteroatoms. The average Bonchev–Trinajstić information content (AvgIpc) is 2.32. The molecule has 19 heavy (non-hydrogen) atoms. The molecule has 0 saturated heterocycles. The van der Waals surface area contributed by atoms with Gasteiger partial charge in [-0.05, 0) is 12.1 Å². The van der Waals surface area contributed by atoms with Gasteiger partial charge in [-0.15, -0.1) is 0 Å². The third-order valence-electron chi connectivity index (χ3n) is 2.18. The Hall–Kier alpha value is -1.02. The number of hydrogen-bond donors (Lipinski definition) is 2. The van der Waals surface area contributed by atoms with Gasteiger partial charge in [0.2, 0.25) is 15.9 Å². The number of halogens is 2. The molecule has 1 aromatic carbocycles. The second-order valence-corrected chi connectivity index (χ2v) is 5.79. The number of benzene rings is 1. The summed E-state index contributed by atoms with van der Waals surface area (Å²) in [5.41, 5.74) is 0. The molecule has 0 atom stereocenters. The van der Waals surface area contributed by atoms with Gasteiger partial charge in [0.15, 0.2) is 0 Å². The van der Waals surface area contributed by atoms with E-state index in [-0.39, 0.29) is 39.6 Å². The molecule has 6 nitrogen and oxygen atoms in total. The minimum atomic E-state index is -3.95. The molecule has 0 unspecified atom stereocenters. The van der Waals surface area contributed by atoms with E-state index < -0.39 is 10.0 Å². The Labute approximate surface area is 120 Å². The number of sulfonamides is 1. The molecular weight excluding hydrogens is 315 g/mol. The van der Waals surface area contributed by atoms with Crippen molar-refractivity contribution in [3.63, 3.8) is 0 Å². The van der Waals surface area contributed by atoms with Crippen LogP contribution in [0.25, 0.3) is 0 Å². The van der Waals surface area contributed by atoms with Crippen molar-refractivity contribution in [1.29, 1.82) is 0 Å². The second kappa shape index (κ2) is 6.42. The predicted molar refractivity (Wildman–Crippen MR) is 72.0 cm³/mol. The first-order chi connectivity index (χ1) is 8.77. The SMILES string of the molecule is CNC(=O)CCOc1ccc(S(N)(=O)=O)c(Cl)c1Cl. The van der Waals surface area contributed by atoms with Crippen LogP contribution in [0.3, 0.4) is 0 Å². The summed E-state index contributed by atoms with van der Waals surface area (Å²) in [6, 6.07) is 2.52. The maximum absolute atomic E-state index is 11.2. The summed E-state index contributed by atoms with van der Waals surface area (Å²) in [6.45, 7) is 0.0877. The highest BCUT2D eigenvalue weighted by Crippen LogP contribution is 2.36. The van der Waals surface area contributed by atoms with Gasteiger partial charge in [-0.1, -0.05) is 23.2 Å². The second-order valence-electron chi connectivity index (χ2n) is 3.51. The summed E-state index contributed by atoms with van der Waals surface area (Å²) in [4.78, 5) is 10.7. The van der Waals surface area contributed by atoms with E-state index in [1.807, 2.05) is 0 Å². The fraction of sp³-hybridized carbons (Fsp3) is 0.300. The number of carbonyl (C=O) groups is 1. The summed E-state index contributed by atoms with van der Waals surface area (Å²) in [5.74, 6) is -0.00801. The van der Waals surface area contributed by atoms with Crippen LogP contribution in [0.15, 0.2) is 17.0 Å². The van der Waals surface area contributed by atoms with Gasteiger partial charge in [0.05, 0.1) is 18.1 Å². The Bertz CT molecular complexity index is 589. The molecule has 0 spiro atoms. The first-order valence-corrected chi connectivity index (χ1v) is 7.41. The molecule has 0 fully saturated rings. The summed E-state index contributed by atoms with van der Waals surface area (Å²) < 4.78 is 27.6. The van der Waals surface area contributed by atoms with E-state index in [1.54, 1.807) is 0 Å². The zero-order chi connectivity index (χ0) is 14.6. The number of nitrogens with two attached hydrogens (primary N) is 1. The van der Waals surface area contributed by atoms with Crippen molar-refractivity contribution in [2.45, 2.75) is 11.3 Å². The Morgan fingerprint density at radius 3 is 2.53 bits per heavy atom. The molecule has 1 rings (SSSR count). The Morgan fingerprint density at radius 2 is 2.00 bits per heavy atom. The van der Waals surface area contributed by atoms with Crippen molar-refractivity contribution in [3.05, 3.63) is 22.2 Å². The predicted octanol–water partition coefficient (Wildman–Crippen LogP) is 1.16. The summed E-state index contributed by atoms with van der Waals surface area (Å²) in [7, 11) is -2.44. The molecule has 0 saturated carbocycles. The molecule has 0 aromatic heterocycles. The molecule has 1 aromatic rings. The molecule has 0 aliphatic heterocycles. The minimum absolute atomic E-state index is 0.0647. The lowest BCUT2D eigenvalue weighted by Crippen LogP contribution is -2.20. The lowest BCUT2D eigenvalue weighted by Gasteiger charge is -2.10. The van der Waals surface area contributed by atoms with Gasteiger partial charge in [0, 0.05) is 7.05 Å². The lowest BCUT2D eigenvalue weighted by molar-refractivity contribution is -0.121. The van der Waals surface area contributed by atoms with Crippen LogP contribution in [0.2, 0.25) is 10.0 Å². The smallest absolute Gasteiger partial charge is 0.239 e. The highest BCUT2D eigenvalue weighted by atomic mass is 35.5. The van der Waals surface area contributed by atoms with Gasteiger partial charge < -0.3 is 10.1 Å². The number of amides is 1. The number of ether oxygens (including phenoxy) is 1. The molecule has 0 aliphatic carbocycles. The molecule has 3 N–H and O–H groups in total. The summed E-state index contributed by atoms with van der Waals surface area (Å²) in [5, 5.41) is 7.13. The van der Waals surface area contributed by atoms with Crippen molar-refractivity contribution >= 4 is 39.1 Å². The molecule has 106 valence electrons. The van der Waals surface area contributed by atoms with Crippen molar-refractivity contribution in [2.75, 3.05) is 13.7 Å². The van der Waals surface area contributed by atoms with E-state index in [9.17, 15) is 13.2 Å². The monoisotopic (exact) mass is 326 g/mol. The van der Waals surface area contributed by atoms with Crippen LogP contribution in [-0.2, 0) is 14.8 Å². The Kier molecular flexibility index (Phi) is 5.42. The van der Waals surface area contributed by atoms with Gasteiger partial charge in [0.25, 0.3) is 0 Å². The fourth-order valence-electron chi connectivity index (χ4n) is 1.22. The van der Waals surface area contributed by atoms with Crippen molar-refractivity contribution in [2.24, 2.45) is 5.14 Å². The quantitative estimate of drug-likeness (QED) is 0.848. The first kappa shape index (κ1) is 16.0. The van der Waals surface area contributed by atoms with E-state index >= 15 is 0 Å². The van der Waals surface area contributed by atoms with Gasteiger partial charge in [-0.2, -0.15) is 0 Å². The topological polar surface area (TPSA) is 98.5 Å². The summed E-state index contributed by atoms with van der Waals surface area (Å²) >= 11 is 11.7. The van der Waals surface area contributed by atoms with Gasteiger partial charge in [0.1, 0.15) is 15.7 Å². The number of carbonyl (C=O) groups excluding carboxylic acids is 1. The maximum Gasteiger partial charge on any atom is 0.239 e. The number of nitrogens with one attached hydrogen (secondary N) is 1. The van der Waals surface area contributed by atoms with Crippen molar-refractivity contribution in [1.82, 2.24) is 5.32 Å². The Balaban J connectivity index is 2.89. The molecule has 0 aliphatic rings. The largest absolute Gasteiger partial charge is 0.491 e. The Morgan fingerprint density at radius 1 is 1.37 bits per heavy atom. The van der Waals surface area contributed by atoms with E-state index in [0.717, 1.165) is 0 Å². The zero-order valence-electron chi connectivity index (χ0n) is 9.94. The van der Waals surface area contributed by atoms with Crippen LogP contribution in [0.1, 0.15) is 6.42 Å². The number of primary sulfonamides is 1. The summed E-state index contributed by atoms with van der Waals surface area (Å²) in [6.07, 6.45) is 0.140. The van der Waals surface area contributed by atoms with Gasteiger partial charge in [-0.3, -0.25) is 4.79 Å². The third kappa shape index (κ3) is 4.24. The molecule has 0 bridgehead atoms. The standard InChI is InChI=1S/C10H12Cl2N2O4S/c1-14-8(15)4-5-18-6-2-3-7(19(13,16)17)10(12)9(6)11/h2-3H,4-5H2,1H3,(H,14,15)(H2,13,16,17). The molecule has 0 radical (unpaired) electrons. The van der Waals surface area contributed by atoms with Crippen molar-refractivity contribution in [3.8, 4) is 5.75 Å². The van der Waals surface area contributed by atoms with Crippen LogP contribution >= 0.6 is 23.2 Å². The van der Waals surface area contributed by atoms with Crippen LogP contribution < -0.4 is 15.2 Å². The average molecular weight is 327 g/mol. The van der Waals surface area contributed by atoms with Crippen LogP contribution in [0.5, 0.6) is 5.75 Å². The lowest BCUT2D eigenvalue weighted by atomic mass is 10.3. The highest BCUT2D eigenvalue weighted by molar-refractivity contribution is 7.89. The maximum atomic E-state index is 11.2. The highest BCUT2D eigenvalue weighted by Gasteiger charge is 2.18. The zero-order valence-corrected chi connectivity index (χ0v) is 12.3. The number of hydrogen-bond acceptors (Lipinski definition) is 4. The first-order valence-electron chi connectivity index (χ1n) is 5.11. The van der Waals surface area contributed by atoms with Crippen LogP contribution in [0.4, 0.5) is 0 Å². The third-order valence-corrected chi connectivity index (χ3v) is 4.11. The normalized spacial score (nSPS) is 11.2. The van der Waals surface area contributed by atoms with E-state index in [4.69, 9.17) is 33.1 Å². The van der Waals surface area contributed by atoms with Gasteiger partial charge >= 0.3 is 0 Å². The van der Waals surface area contributed by atoms with Crippen LogP contribution in [0, 0.1) is 0 Å². The van der Waals surface area contributed by atoms with Gasteiger partial charge in [-0.25, -0.2) is 13.6 Å². The van der Waals surface area contributed by atoms with Crippen molar-refractivity contribution < 1.29 is 17.9 Å². The molecular formula is C10H12Cl2N2O4S. The van der Waals surface area contributed by atoms with Crippen LogP contribution in [-0.4, -0.2) is 28.0 Å². The molecule has 1 amide bonds. The minimum Gasteiger partial charge on any atom is -0.491 e. The molecule has 0 heterocycles. The van der Waals surface area contributed by atoms with E-state index in [1.165, 1.54) is 19.2 Å². The van der Waals surface area contributed by atoms with E-state index in [0.29, 0.717) is 0 Å².